The first-order valence-electron chi connectivity index (χ1n) is 6.19. The van der Waals surface area contributed by atoms with Crippen molar-refractivity contribution in [2.45, 2.75) is 32.4 Å². The molecule has 0 aliphatic rings. The van der Waals surface area contributed by atoms with Gasteiger partial charge in [0.05, 0.1) is 6.04 Å². The van der Waals surface area contributed by atoms with E-state index in [2.05, 4.69) is 0 Å². The van der Waals surface area contributed by atoms with Crippen LogP contribution in [0.2, 0.25) is 10.0 Å². The summed E-state index contributed by atoms with van der Waals surface area (Å²) in [5, 5.41) is 9.86. The van der Waals surface area contributed by atoms with Gasteiger partial charge < -0.3 is 15.6 Å². The van der Waals surface area contributed by atoms with Crippen LogP contribution < -0.4 is 5.73 Å². The molecule has 1 rings (SSSR count). The van der Waals surface area contributed by atoms with Crippen LogP contribution in [0.25, 0.3) is 0 Å². The highest BCUT2D eigenvalue weighted by atomic mass is 35.5. The van der Waals surface area contributed by atoms with Crippen LogP contribution in [0.1, 0.15) is 32.4 Å². The minimum atomic E-state index is -1.57. The molecule has 1 aromatic rings. The number of esters is 1. The second-order valence-electron chi connectivity index (χ2n) is 5.54. The Morgan fingerprint density at radius 1 is 1.29 bits per heavy atom. The van der Waals surface area contributed by atoms with E-state index in [-0.39, 0.29) is 10.6 Å². The number of rotatable bonds is 4. The molecule has 21 heavy (non-hydrogen) atoms. The van der Waals surface area contributed by atoms with Crippen LogP contribution in [0.3, 0.4) is 0 Å². The Balaban J connectivity index is 3.14. The molecule has 0 radical (unpaired) electrons. The van der Waals surface area contributed by atoms with Gasteiger partial charge in [-0.3, -0.25) is 9.59 Å². The minimum absolute atomic E-state index is 0.238. The van der Waals surface area contributed by atoms with Crippen molar-refractivity contribution in [3.8, 4) is 0 Å². The van der Waals surface area contributed by atoms with Crippen LogP contribution in [0.15, 0.2) is 18.2 Å². The van der Waals surface area contributed by atoms with E-state index in [1.165, 1.54) is 12.1 Å². The molecule has 116 valence electrons. The predicted molar refractivity (Wildman–Crippen MR) is 80.4 cm³/mol. The minimum Gasteiger partial charge on any atom is -0.481 e. The fourth-order valence-corrected chi connectivity index (χ4v) is 2.14. The monoisotopic (exact) mass is 333 g/mol. The van der Waals surface area contributed by atoms with E-state index >= 15 is 0 Å². The summed E-state index contributed by atoms with van der Waals surface area (Å²) in [5.74, 6) is -3.87. The number of carboxylic acid groups (broad SMARTS) is 1. The number of aliphatic carboxylic acids is 1. The maximum Gasteiger partial charge on any atom is 0.322 e. The summed E-state index contributed by atoms with van der Waals surface area (Å²) in [6.45, 7) is 4.92. The third-order valence-electron chi connectivity index (χ3n) is 2.60. The Morgan fingerprint density at radius 3 is 2.33 bits per heavy atom. The number of carbonyl (C=O) groups is 2. The quantitative estimate of drug-likeness (QED) is 0.652. The molecule has 5 nitrogen and oxygen atoms in total. The lowest BCUT2D eigenvalue weighted by Crippen LogP contribution is -2.39. The normalized spacial score (nSPS) is 14.4. The van der Waals surface area contributed by atoms with Crippen molar-refractivity contribution in [3.05, 3.63) is 33.8 Å². The molecule has 2 atom stereocenters. The summed E-state index contributed by atoms with van der Waals surface area (Å²) in [6.07, 6.45) is 0. The topological polar surface area (TPSA) is 89.6 Å². The van der Waals surface area contributed by atoms with Crippen LogP contribution in [0, 0.1) is 5.92 Å². The third kappa shape index (κ3) is 4.88. The predicted octanol–water partition coefficient (Wildman–Crippen LogP) is 3.04. The van der Waals surface area contributed by atoms with Crippen molar-refractivity contribution < 1.29 is 19.4 Å². The SMILES string of the molecule is CC(C)(C)OC(=O)C(C(=O)O)C(N)c1cc(Cl)ccc1Cl. The second-order valence-corrected chi connectivity index (χ2v) is 6.38. The first kappa shape index (κ1) is 17.8. The molecule has 0 aliphatic heterocycles. The molecule has 0 aliphatic carbocycles. The van der Waals surface area contributed by atoms with Gasteiger partial charge in [0.2, 0.25) is 0 Å². The number of ether oxygens (including phenoxy) is 1. The van der Waals surface area contributed by atoms with Gasteiger partial charge in [-0.1, -0.05) is 23.2 Å². The van der Waals surface area contributed by atoms with Crippen LogP contribution in [0.5, 0.6) is 0 Å². The average molecular weight is 334 g/mol. The largest absolute Gasteiger partial charge is 0.481 e. The Morgan fingerprint density at radius 2 is 1.86 bits per heavy atom. The summed E-state index contributed by atoms with van der Waals surface area (Å²) in [4.78, 5) is 23.4. The van der Waals surface area contributed by atoms with Crippen molar-refractivity contribution in [1.29, 1.82) is 0 Å². The van der Waals surface area contributed by atoms with Crippen LogP contribution >= 0.6 is 23.2 Å². The Hall–Kier alpha value is -1.30. The van der Waals surface area contributed by atoms with Gasteiger partial charge in [-0.25, -0.2) is 0 Å². The van der Waals surface area contributed by atoms with E-state index in [4.69, 9.17) is 33.7 Å². The number of carbonyl (C=O) groups excluding carboxylic acids is 1. The van der Waals surface area contributed by atoms with Crippen molar-refractivity contribution in [3.63, 3.8) is 0 Å². The fraction of sp³-hybridized carbons (Fsp3) is 0.429. The summed E-state index contributed by atoms with van der Waals surface area (Å²) in [5.41, 5.74) is 5.37. The smallest absolute Gasteiger partial charge is 0.322 e. The van der Waals surface area contributed by atoms with Crippen LogP contribution in [-0.4, -0.2) is 22.6 Å². The number of halogens is 2. The Labute approximate surface area is 133 Å². The lowest BCUT2D eigenvalue weighted by Gasteiger charge is -2.25. The zero-order chi connectivity index (χ0) is 16.4. The number of hydrogen-bond donors (Lipinski definition) is 2. The zero-order valence-corrected chi connectivity index (χ0v) is 13.4. The van der Waals surface area contributed by atoms with E-state index < -0.39 is 29.5 Å². The third-order valence-corrected chi connectivity index (χ3v) is 3.18. The van der Waals surface area contributed by atoms with Gasteiger partial charge in [-0.05, 0) is 44.5 Å². The molecule has 3 N–H and O–H groups in total. The molecule has 0 bridgehead atoms. The summed E-state index contributed by atoms with van der Waals surface area (Å²) >= 11 is 11.8. The van der Waals surface area contributed by atoms with Gasteiger partial charge in [-0.15, -0.1) is 0 Å². The lowest BCUT2D eigenvalue weighted by atomic mass is 9.93. The van der Waals surface area contributed by atoms with Gasteiger partial charge >= 0.3 is 11.9 Å². The maximum atomic E-state index is 12.1. The summed E-state index contributed by atoms with van der Waals surface area (Å²) in [6, 6.07) is 3.31. The highest BCUT2D eigenvalue weighted by Crippen LogP contribution is 2.30. The van der Waals surface area contributed by atoms with Crippen LogP contribution in [-0.2, 0) is 14.3 Å². The number of carboxylic acids is 1. The molecule has 2 unspecified atom stereocenters. The van der Waals surface area contributed by atoms with E-state index in [0.717, 1.165) is 0 Å². The first-order valence-corrected chi connectivity index (χ1v) is 6.94. The molecule has 0 aromatic heterocycles. The first-order chi connectivity index (χ1) is 9.53. The number of benzene rings is 1. The van der Waals surface area contributed by atoms with Crippen LogP contribution in [0.4, 0.5) is 0 Å². The highest BCUT2D eigenvalue weighted by Gasteiger charge is 2.38. The van der Waals surface area contributed by atoms with E-state index in [1.807, 2.05) is 0 Å². The molecular weight excluding hydrogens is 317 g/mol. The van der Waals surface area contributed by atoms with E-state index in [1.54, 1.807) is 26.8 Å². The molecule has 0 spiro atoms. The Kier molecular flexibility index (Phi) is 5.61. The number of hydrogen-bond acceptors (Lipinski definition) is 4. The average Bonchev–Trinajstić information content (AvgIpc) is 2.29. The van der Waals surface area contributed by atoms with Crippen molar-refractivity contribution in [2.24, 2.45) is 11.7 Å². The molecule has 0 fully saturated rings. The van der Waals surface area contributed by atoms with Crippen molar-refractivity contribution in [1.82, 2.24) is 0 Å². The van der Waals surface area contributed by atoms with Gasteiger partial charge in [0.25, 0.3) is 0 Å². The molecule has 7 heteroatoms. The van der Waals surface area contributed by atoms with Crippen molar-refractivity contribution in [2.75, 3.05) is 0 Å². The highest BCUT2D eigenvalue weighted by molar-refractivity contribution is 6.33. The molecule has 0 saturated heterocycles. The summed E-state index contributed by atoms with van der Waals surface area (Å²) in [7, 11) is 0. The lowest BCUT2D eigenvalue weighted by molar-refractivity contribution is -0.167. The maximum absolute atomic E-state index is 12.1. The van der Waals surface area contributed by atoms with Gasteiger partial charge in [0.1, 0.15) is 5.60 Å². The van der Waals surface area contributed by atoms with Gasteiger partial charge in [-0.2, -0.15) is 0 Å². The molecule has 0 amide bonds. The Bertz CT molecular complexity index is 554. The summed E-state index contributed by atoms with van der Waals surface area (Å²) < 4.78 is 5.10. The molecule has 0 saturated carbocycles. The number of nitrogens with two attached hydrogens (primary N) is 1. The van der Waals surface area contributed by atoms with Gasteiger partial charge in [0, 0.05) is 10.0 Å². The van der Waals surface area contributed by atoms with Gasteiger partial charge in [0.15, 0.2) is 5.92 Å². The van der Waals surface area contributed by atoms with Crippen molar-refractivity contribution >= 4 is 35.1 Å². The zero-order valence-electron chi connectivity index (χ0n) is 11.9. The molecule has 1 aromatic carbocycles. The second kappa shape index (κ2) is 6.64. The molecular formula is C14H17Cl2NO4. The standard InChI is InChI=1S/C14H17Cl2NO4/c1-14(2,3)21-13(20)10(12(18)19)11(17)8-6-7(15)4-5-9(8)16/h4-6,10-11H,17H2,1-3H3,(H,18,19). The fourth-order valence-electron chi connectivity index (χ4n) is 1.72. The van der Waals surface area contributed by atoms with E-state index in [0.29, 0.717) is 5.02 Å². The molecule has 0 heterocycles. The van der Waals surface area contributed by atoms with E-state index in [9.17, 15) is 14.7 Å².